The van der Waals surface area contributed by atoms with Crippen LogP contribution in [0.25, 0.3) is 0 Å². The van der Waals surface area contributed by atoms with Crippen LogP contribution in [0.15, 0.2) is 0 Å². The van der Waals surface area contributed by atoms with E-state index in [1.807, 2.05) is 0 Å². The number of ether oxygens (including phenoxy) is 1. The van der Waals surface area contributed by atoms with Gasteiger partial charge in [0.1, 0.15) is 0 Å². The normalized spacial score (nSPS) is 19.8. The Balaban J connectivity index is 0.00000144. The van der Waals surface area contributed by atoms with Gasteiger partial charge in [0.2, 0.25) is 0 Å². The van der Waals surface area contributed by atoms with E-state index in [9.17, 15) is 0 Å². The van der Waals surface area contributed by atoms with Crippen LogP contribution in [0.4, 0.5) is 0 Å². The Morgan fingerprint density at radius 2 is 2.08 bits per heavy atom. The zero-order valence-electron chi connectivity index (χ0n) is 8.68. The highest BCUT2D eigenvalue weighted by Crippen LogP contribution is 2.24. The fourth-order valence-electron chi connectivity index (χ4n) is 1.26. The van der Waals surface area contributed by atoms with Gasteiger partial charge in [0.05, 0.1) is 13.2 Å². The third-order valence-electron chi connectivity index (χ3n) is 2.62. The average molecular weight is 173 g/mol. The second kappa shape index (κ2) is 3.75. The van der Waals surface area contributed by atoms with Gasteiger partial charge in [0.25, 0.3) is 0 Å². The van der Waals surface area contributed by atoms with Crippen LogP contribution in [0.1, 0.15) is 29.1 Å². The van der Waals surface area contributed by atoms with Gasteiger partial charge in [0, 0.05) is 12.9 Å². The molecule has 1 fully saturated rings. The molecule has 74 valence electrons. The molecule has 0 radical (unpaired) electrons. The van der Waals surface area contributed by atoms with E-state index in [2.05, 4.69) is 33.0 Å². The van der Waals surface area contributed by atoms with Crippen molar-refractivity contribution in [2.24, 2.45) is 11.8 Å². The minimum atomic E-state index is 0. The van der Waals surface area contributed by atoms with Crippen LogP contribution in [-0.2, 0) is 4.74 Å². The Morgan fingerprint density at radius 1 is 1.50 bits per heavy atom. The molecule has 0 aliphatic carbocycles. The lowest BCUT2D eigenvalue weighted by atomic mass is 9.85. The van der Waals surface area contributed by atoms with Gasteiger partial charge in [-0.3, -0.25) is 0 Å². The molecule has 0 aromatic rings. The SMILES string of the molecule is CC(C)CNC(C)(C)C1COC1.[HH]. The van der Waals surface area contributed by atoms with E-state index < -0.39 is 0 Å². The summed E-state index contributed by atoms with van der Waals surface area (Å²) in [6, 6.07) is 0. The minimum absolute atomic E-state index is 0. The quantitative estimate of drug-likeness (QED) is 0.701. The first-order valence-electron chi connectivity index (χ1n) is 4.85. The molecule has 0 aromatic carbocycles. The van der Waals surface area contributed by atoms with Crippen LogP contribution in [0, 0.1) is 11.8 Å². The van der Waals surface area contributed by atoms with Crippen LogP contribution in [0.5, 0.6) is 0 Å². The van der Waals surface area contributed by atoms with Crippen molar-refractivity contribution in [3.8, 4) is 0 Å². The number of hydrogen-bond acceptors (Lipinski definition) is 2. The van der Waals surface area contributed by atoms with Gasteiger partial charge < -0.3 is 10.1 Å². The monoisotopic (exact) mass is 173 g/mol. The summed E-state index contributed by atoms with van der Waals surface area (Å²) in [4.78, 5) is 0. The Bertz CT molecular complexity index is 144. The molecule has 1 saturated heterocycles. The van der Waals surface area contributed by atoms with E-state index in [0.29, 0.717) is 5.92 Å². The topological polar surface area (TPSA) is 21.3 Å². The predicted molar refractivity (Wildman–Crippen MR) is 53.3 cm³/mol. The highest BCUT2D eigenvalue weighted by molar-refractivity contribution is 4.89. The van der Waals surface area contributed by atoms with Gasteiger partial charge in [-0.2, -0.15) is 0 Å². The molecule has 1 N–H and O–H groups in total. The molecule has 0 spiro atoms. The third kappa shape index (κ3) is 2.46. The smallest absolute Gasteiger partial charge is 0.0534 e. The fraction of sp³-hybridized carbons (Fsp3) is 1.00. The Labute approximate surface area is 77.2 Å². The molecule has 1 aliphatic heterocycles. The molecule has 0 saturated carbocycles. The fourth-order valence-corrected chi connectivity index (χ4v) is 1.26. The minimum Gasteiger partial charge on any atom is -0.381 e. The lowest BCUT2D eigenvalue weighted by Crippen LogP contribution is -2.54. The molecule has 0 unspecified atom stereocenters. The molecule has 0 bridgehead atoms. The van der Waals surface area contributed by atoms with Gasteiger partial charge >= 0.3 is 0 Å². The first-order valence-corrected chi connectivity index (χ1v) is 4.85. The zero-order valence-corrected chi connectivity index (χ0v) is 8.68. The van der Waals surface area contributed by atoms with Gasteiger partial charge in [-0.25, -0.2) is 0 Å². The highest BCUT2D eigenvalue weighted by atomic mass is 16.5. The van der Waals surface area contributed by atoms with E-state index in [1.54, 1.807) is 0 Å². The first-order chi connectivity index (χ1) is 5.52. The van der Waals surface area contributed by atoms with Crippen molar-refractivity contribution < 1.29 is 6.16 Å². The lowest BCUT2D eigenvalue weighted by Gasteiger charge is -2.41. The van der Waals surface area contributed by atoms with Crippen LogP contribution < -0.4 is 5.32 Å². The number of rotatable bonds is 4. The van der Waals surface area contributed by atoms with Gasteiger partial charge in [-0.15, -0.1) is 0 Å². The zero-order chi connectivity index (χ0) is 9.19. The Hall–Kier alpha value is -0.0800. The van der Waals surface area contributed by atoms with Gasteiger partial charge in [-0.05, 0) is 26.3 Å². The third-order valence-corrected chi connectivity index (χ3v) is 2.62. The Kier molecular flexibility index (Phi) is 3.13. The molecule has 2 nitrogen and oxygen atoms in total. The summed E-state index contributed by atoms with van der Waals surface area (Å²) in [6.45, 7) is 12.0. The maximum Gasteiger partial charge on any atom is 0.0534 e. The van der Waals surface area contributed by atoms with E-state index >= 15 is 0 Å². The van der Waals surface area contributed by atoms with Crippen molar-refractivity contribution in [3.05, 3.63) is 0 Å². The van der Waals surface area contributed by atoms with Crippen LogP contribution >= 0.6 is 0 Å². The van der Waals surface area contributed by atoms with Crippen LogP contribution in [0.2, 0.25) is 0 Å². The molecule has 0 atom stereocenters. The van der Waals surface area contributed by atoms with Crippen molar-refractivity contribution in [1.29, 1.82) is 0 Å². The maximum atomic E-state index is 5.19. The van der Waals surface area contributed by atoms with Crippen molar-refractivity contribution in [1.82, 2.24) is 5.32 Å². The Morgan fingerprint density at radius 3 is 2.42 bits per heavy atom. The summed E-state index contributed by atoms with van der Waals surface area (Å²) >= 11 is 0. The predicted octanol–water partition coefficient (Wildman–Crippen LogP) is 1.90. The summed E-state index contributed by atoms with van der Waals surface area (Å²) in [7, 11) is 0. The standard InChI is InChI=1S/C10H21NO.H2/c1-8(2)5-11-10(3,4)9-6-12-7-9;/h8-9,11H,5-7H2,1-4H3;1H. The van der Waals surface area contributed by atoms with E-state index in [1.165, 1.54) is 0 Å². The maximum absolute atomic E-state index is 5.19. The summed E-state index contributed by atoms with van der Waals surface area (Å²) < 4.78 is 5.19. The van der Waals surface area contributed by atoms with Gasteiger partial charge in [0.15, 0.2) is 0 Å². The van der Waals surface area contributed by atoms with Crippen molar-refractivity contribution in [3.63, 3.8) is 0 Å². The number of nitrogens with one attached hydrogen (secondary N) is 1. The first kappa shape index (κ1) is 10.0. The van der Waals surface area contributed by atoms with Crippen LogP contribution in [0.3, 0.4) is 0 Å². The summed E-state index contributed by atoms with van der Waals surface area (Å²) in [5.41, 5.74) is 0.252. The van der Waals surface area contributed by atoms with Crippen LogP contribution in [-0.4, -0.2) is 25.3 Å². The second-order valence-corrected chi connectivity index (χ2v) is 4.73. The molecule has 12 heavy (non-hydrogen) atoms. The summed E-state index contributed by atoms with van der Waals surface area (Å²) in [6.07, 6.45) is 0. The summed E-state index contributed by atoms with van der Waals surface area (Å²) in [5.74, 6) is 1.43. The molecule has 1 heterocycles. The molecule has 1 rings (SSSR count). The second-order valence-electron chi connectivity index (χ2n) is 4.73. The lowest BCUT2D eigenvalue weighted by molar-refractivity contribution is -0.0707. The molecule has 0 aromatic heterocycles. The summed E-state index contributed by atoms with van der Waals surface area (Å²) in [5, 5.41) is 3.58. The van der Waals surface area contributed by atoms with Crippen molar-refractivity contribution in [2.75, 3.05) is 19.8 Å². The van der Waals surface area contributed by atoms with Gasteiger partial charge in [-0.1, -0.05) is 13.8 Å². The molecular weight excluding hydrogens is 150 g/mol. The van der Waals surface area contributed by atoms with E-state index in [0.717, 1.165) is 25.7 Å². The van der Waals surface area contributed by atoms with E-state index in [4.69, 9.17) is 4.74 Å². The molecule has 2 heteroatoms. The van der Waals surface area contributed by atoms with Crippen molar-refractivity contribution >= 4 is 0 Å². The van der Waals surface area contributed by atoms with E-state index in [-0.39, 0.29) is 6.97 Å². The number of hydrogen-bond donors (Lipinski definition) is 1. The molecule has 1 aliphatic rings. The van der Waals surface area contributed by atoms with Crippen molar-refractivity contribution in [2.45, 2.75) is 33.2 Å². The largest absolute Gasteiger partial charge is 0.381 e. The average Bonchev–Trinajstić information content (AvgIpc) is 1.78. The highest BCUT2D eigenvalue weighted by Gasteiger charge is 2.34. The molecule has 0 amide bonds. The molecular formula is C10H23NO.